The van der Waals surface area contributed by atoms with Crippen molar-refractivity contribution in [3.05, 3.63) is 99.2 Å². The Morgan fingerprint density at radius 2 is 1.78 bits per heavy atom. The third-order valence-corrected chi connectivity index (χ3v) is 7.37. The average Bonchev–Trinajstić information content (AvgIpc) is 2.89. The van der Waals surface area contributed by atoms with Gasteiger partial charge in [-0.05, 0) is 74.2 Å². The molecular weight excluding hydrogens is 549 g/mol. The maximum Gasteiger partial charge on any atom is 0.270 e. The summed E-state index contributed by atoms with van der Waals surface area (Å²) in [4.78, 5) is 31.4. The van der Waals surface area contributed by atoms with E-state index >= 15 is 4.39 Å². The number of sulfonamides is 1. The summed E-state index contributed by atoms with van der Waals surface area (Å²) in [5.41, 5.74) is 1.60. The van der Waals surface area contributed by atoms with Gasteiger partial charge in [-0.1, -0.05) is 37.6 Å². The molecule has 1 amide bonds. The first-order valence-corrected chi connectivity index (χ1v) is 14.3. The van der Waals surface area contributed by atoms with Gasteiger partial charge in [0.1, 0.15) is 11.3 Å². The van der Waals surface area contributed by atoms with Crippen LogP contribution in [0.1, 0.15) is 43.7 Å². The van der Waals surface area contributed by atoms with Crippen LogP contribution in [0.4, 0.5) is 4.39 Å². The van der Waals surface area contributed by atoms with Gasteiger partial charge in [0.25, 0.3) is 21.5 Å². The Labute approximate surface area is 240 Å². The predicted octanol–water partition coefficient (Wildman–Crippen LogP) is 5.94. The van der Waals surface area contributed by atoms with E-state index in [4.69, 9.17) is 9.47 Å². The van der Waals surface area contributed by atoms with Gasteiger partial charge in [-0.15, -0.1) is 0 Å². The van der Waals surface area contributed by atoms with Crippen LogP contribution in [0.2, 0.25) is 0 Å². The molecule has 0 bridgehead atoms. The Balaban J connectivity index is 0.00000323. The molecule has 9 nitrogen and oxygen atoms in total. The van der Waals surface area contributed by atoms with Crippen LogP contribution in [-0.2, 0) is 10.0 Å². The number of nitrogens with one attached hydrogen (secondary N) is 2. The van der Waals surface area contributed by atoms with Crippen molar-refractivity contribution in [2.75, 3.05) is 6.61 Å². The Hall–Kier alpha value is -4.51. The van der Waals surface area contributed by atoms with Gasteiger partial charge in [-0.2, -0.15) is 0 Å². The number of aromatic nitrogens is 2. The second-order valence-corrected chi connectivity index (χ2v) is 11.7. The fraction of sp³-hybridized carbons (Fsp3) is 0.233. The largest absolute Gasteiger partial charge is 0.490 e. The van der Waals surface area contributed by atoms with E-state index in [1.807, 2.05) is 51.5 Å². The molecule has 2 aromatic carbocycles. The minimum Gasteiger partial charge on any atom is -0.490 e. The molecule has 2 N–H and O–H groups in total. The van der Waals surface area contributed by atoms with E-state index in [0.717, 1.165) is 22.8 Å². The Kier molecular flexibility index (Phi) is 8.57. The van der Waals surface area contributed by atoms with Gasteiger partial charge in [-0.25, -0.2) is 22.5 Å². The fourth-order valence-corrected chi connectivity index (χ4v) is 5.22. The number of hydrogen-bond donors (Lipinski definition) is 2. The zero-order chi connectivity index (χ0) is 29.9. The second kappa shape index (κ2) is 11.9. The number of H-pyrrole nitrogens is 1. The topological polar surface area (TPSA) is 127 Å². The molecule has 0 aliphatic rings. The highest BCUT2D eigenvalue weighted by Gasteiger charge is 2.26. The first-order valence-electron chi connectivity index (χ1n) is 12.8. The number of hydrogen-bond acceptors (Lipinski definition) is 7. The lowest BCUT2D eigenvalue weighted by atomic mass is 10.1. The van der Waals surface area contributed by atoms with E-state index in [0.29, 0.717) is 12.4 Å². The van der Waals surface area contributed by atoms with E-state index in [2.05, 4.69) is 9.97 Å². The van der Waals surface area contributed by atoms with E-state index in [1.54, 1.807) is 6.07 Å². The number of rotatable bonds is 9. The quantitative estimate of drug-likeness (QED) is 0.250. The molecule has 4 aromatic rings. The van der Waals surface area contributed by atoms with Gasteiger partial charge in [0.15, 0.2) is 16.5 Å². The van der Waals surface area contributed by atoms with Crippen LogP contribution in [0, 0.1) is 32.5 Å². The first-order chi connectivity index (χ1) is 19.4. The minimum atomic E-state index is -4.54. The van der Waals surface area contributed by atoms with Crippen molar-refractivity contribution >= 4 is 15.9 Å². The van der Waals surface area contributed by atoms with Gasteiger partial charge in [-0.3, -0.25) is 9.59 Å². The Bertz CT molecular complexity index is 1770. The molecule has 0 fully saturated rings. The SMILES string of the molecule is Cc1cc(C)c(Oc2nc(-c3cccc(OCC(C)C)c3F)ccc2C(=O)NS(=O)(=O)c2ccc[nH]c2=O)c(C)c1.[HH].[HH]. The van der Waals surface area contributed by atoms with Crippen LogP contribution in [0.15, 0.2) is 70.5 Å². The molecule has 218 valence electrons. The third kappa shape index (κ3) is 6.63. The third-order valence-electron chi connectivity index (χ3n) is 6.02. The smallest absolute Gasteiger partial charge is 0.270 e. The van der Waals surface area contributed by atoms with Crippen LogP contribution in [0.25, 0.3) is 11.3 Å². The molecule has 2 aromatic heterocycles. The standard InChI is InChI=1S/C30H30FN3O6S.2H2/c1-17(2)16-39-24-9-6-8-21(26(24)31)23-12-11-22(28(35)34-41(37,38)25-10-7-13-32-29(25)36)30(33-23)40-27-19(4)14-18(3)15-20(27)5;;/h6-15,17H,16H2,1-5H3,(H,32,36)(H,34,35);2*1H. The molecule has 0 saturated carbocycles. The van der Waals surface area contributed by atoms with E-state index < -0.39 is 32.2 Å². The van der Waals surface area contributed by atoms with Crippen molar-refractivity contribution in [1.82, 2.24) is 14.7 Å². The van der Waals surface area contributed by atoms with Gasteiger partial charge >= 0.3 is 0 Å². The number of halogens is 1. The van der Waals surface area contributed by atoms with E-state index in [9.17, 15) is 18.0 Å². The lowest BCUT2D eigenvalue weighted by Gasteiger charge is -2.16. The maximum absolute atomic E-state index is 15.5. The molecule has 0 spiro atoms. The summed E-state index contributed by atoms with van der Waals surface area (Å²) in [5.74, 6) is -1.34. The fourth-order valence-electron chi connectivity index (χ4n) is 4.19. The molecule has 0 aliphatic carbocycles. The molecule has 0 unspecified atom stereocenters. The highest BCUT2D eigenvalue weighted by atomic mass is 32.2. The summed E-state index contributed by atoms with van der Waals surface area (Å²) in [7, 11) is -4.54. The van der Waals surface area contributed by atoms with Crippen molar-refractivity contribution in [2.24, 2.45) is 5.92 Å². The average molecular weight is 584 g/mol. The molecule has 0 saturated heterocycles. The minimum absolute atomic E-state index is 0. The van der Waals surface area contributed by atoms with Gasteiger partial charge in [0.2, 0.25) is 5.88 Å². The van der Waals surface area contributed by atoms with Crippen LogP contribution < -0.4 is 19.8 Å². The summed E-state index contributed by atoms with van der Waals surface area (Å²) in [5, 5.41) is 0. The normalized spacial score (nSPS) is 11.4. The highest BCUT2D eigenvalue weighted by molar-refractivity contribution is 7.90. The molecule has 0 aliphatic heterocycles. The summed E-state index contributed by atoms with van der Waals surface area (Å²) < 4.78 is 54.8. The van der Waals surface area contributed by atoms with Gasteiger partial charge in [0.05, 0.1) is 12.3 Å². The number of ether oxygens (including phenoxy) is 2. The monoisotopic (exact) mass is 583 g/mol. The number of aromatic amines is 1. The Morgan fingerprint density at radius 1 is 1.07 bits per heavy atom. The van der Waals surface area contributed by atoms with Crippen LogP contribution >= 0.6 is 0 Å². The number of pyridine rings is 2. The Morgan fingerprint density at radius 3 is 2.44 bits per heavy atom. The molecule has 41 heavy (non-hydrogen) atoms. The number of amides is 1. The van der Waals surface area contributed by atoms with Crippen molar-refractivity contribution in [3.8, 4) is 28.6 Å². The first kappa shape index (κ1) is 29.5. The summed E-state index contributed by atoms with van der Waals surface area (Å²) in [6.07, 6.45) is 1.27. The number of carbonyl (C=O) groups is 1. The number of nitrogens with zero attached hydrogens (tertiary/aromatic N) is 1. The zero-order valence-electron chi connectivity index (χ0n) is 23.2. The van der Waals surface area contributed by atoms with Crippen molar-refractivity contribution < 1.29 is 29.9 Å². The summed E-state index contributed by atoms with van der Waals surface area (Å²) in [6.45, 7) is 9.76. The highest BCUT2D eigenvalue weighted by Crippen LogP contribution is 2.34. The van der Waals surface area contributed by atoms with E-state index in [1.165, 1.54) is 36.5 Å². The van der Waals surface area contributed by atoms with Crippen LogP contribution in [-0.4, -0.2) is 30.9 Å². The molecule has 0 radical (unpaired) electrons. The molecule has 11 heteroatoms. The van der Waals surface area contributed by atoms with Crippen molar-refractivity contribution in [2.45, 2.75) is 39.5 Å². The van der Waals surface area contributed by atoms with Gasteiger partial charge < -0.3 is 14.5 Å². The molecule has 4 rings (SSSR count). The molecule has 2 heterocycles. The summed E-state index contributed by atoms with van der Waals surface area (Å²) >= 11 is 0. The van der Waals surface area contributed by atoms with Crippen LogP contribution in [0.5, 0.6) is 17.4 Å². The van der Waals surface area contributed by atoms with Gasteiger partial charge in [0, 0.05) is 14.6 Å². The lowest BCUT2D eigenvalue weighted by molar-refractivity contribution is 0.0978. The molecular formula is C30H34FN3O6S. The summed E-state index contributed by atoms with van der Waals surface area (Å²) in [6, 6.07) is 13.5. The van der Waals surface area contributed by atoms with E-state index in [-0.39, 0.29) is 37.2 Å². The van der Waals surface area contributed by atoms with Crippen molar-refractivity contribution in [1.29, 1.82) is 0 Å². The predicted molar refractivity (Wildman–Crippen MR) is 157 cm³/mol. The number of carbonyl (C=O) groups excluding carboxylic acids is 1. The maximum atomic E-state index is 15.5. The van der Waals surface area contributed by atoms with Crippen LogP contribution in [0.3, 0.4) is 0 Å². The number of benzene rings is 2. The second-order valence-electron chi connectivity index (χ2n) is 10.00. The number of aryl methyl sites for hydroxylation is 3. The zero-order valence-corrected chi connectivity index (χ0v) is 24.1. The van der Waals surface area contributed by atoms with Crippen molar-refractivity contribution in [3.63, 3.8) is 0 Å². The lowest BCUT2D eigenvalue weighted by Crippen LogP contribution is -2.34. The molecule has 0 atom stereocenters.